The van der Waals surface area contributed by atoms with Crippen LogP contribution >= 0.6 is 11.3 Å². The Bertz CT molecular complexity index is 602. The van der Waals surface area contributed by atoms with Crippen molar-refractivity contribution in [2.75, 3.05) is 12.8 Å². The van der Waals surface area contributed by atoms with Crippen molar-refractivity contribution in [2.45, 2.75) is 62.7 Å². The normalized spacial score (nSPS) is 29.0. The van der Waals surface area contributed by atoms with E-state index in [2.05, 4.69) is 12.2 Å². The number of nitrogens with one attached hydrogen (secondary N) is 1. The highest BCUT2D eigenvalue weighted by atomic mass is 32.2. The van der Waals surface area contributed by atoms with Crippen molar-refractivity contribution >= 4 is 21.2 Å². The van der Waals surface area contributed by atoms with Gasteiger partial charge in [-0.25, -0.2) is 13.4 Å². The zero-order valence-electron chi connectivity index (χ0n) is 12.8. The molecular weight excluding hydrogens is 304 g/mol. The van der Waals surface area contributed by atoms with Crippen LogP contribution in [0.4, 0.5) is 0 Å². The summed E-state index contributed by atoms with van der Waals surface area (Å²) in [5.74, 6) is 0. The van der Waals surface area contributed by atoms with Gasteiger partial charge < -0.3 is 5.32 Å². The number of thiazole rings is 1. The first kappa shape index (κ1) is 15.4. The maximum Gasteiger partial charge on any atom is 0.152 e. The van der Waals surface area contributed by atoms with E-state index < -0.39 is 15.4 Å². The van der Waals surface area contributed by atoms with Crippen molar-refractivity contribution in [2.24, 2.45) is 0 Å². The van der Waals surface area contributed by atoms with Crippen molar-refractivity contribution in [3.8, 4) is 0 Å². The molecule has 4 nitrogen and oxygen atoms in total. The van der Waals surface area contributed by atoms with Gasteiger partial charge in [-0.1, -0.05) is 6.92 Å². The SMILES string of the molecule is CCCNC1(c2nc3c(s2)CCC3)CCCC1S(C)(=O)=O. The van der Waals surface area contributed by atoms with Gasteiger partial charge in [0, 0.05) is 11.1 Å². The molecule has 1 aromatic rings. The smallest absolute Gasteiger partial charge is 0.152 e. The quantitative estimate of drug-likeness (QED) is 0.902. The third-order valence-electron chi connectivity index (χ3n) is 4.77. The first-order chi connectivity index (χ1) is 9.97. The maximum absolute atomic E-state index is 12.3. The minimum Gasteiger partial charge on any atom is -0.304 e. The third kappa shape index (κ3) is 2.66. The second-order valence-corrected chi connectivity index (χ2v) is 9.66. The Morgan fingerprint density at radius 3 is 2.86 bits per heavy atom. The highest BCUT2D eigenvalue weighted by Crippen LogP contribution is 2.45. The van der Waals surface area contributed by atoms with Crippen LogP contribution in [0, 0.1) is 0 Å². The summed E-state index contributed by atoms with van der Waals surface area (Å²) in [6, 6.07) is 0. The molecule has 2 aliphatic carbocycles. The second-order valence-electron chi connectivity index (χ2n) is 6.35. The van der Waals surface area contributed by atoms with Gasteiger partial charge in [0.05, 0.1) is 16.5 Å². The van der Waals surface area contributed by atoms with Gasteiger partial charge in [-0.05, 0) is 51.5 Å². The van der Waals surface area contributed by atoms with Crippen molar-refractivity contribution < 1.29 is 8.42 Å². The zero-order chi connectivity index (χ0) is 15.1. The zero-order valence-corrected chi connectivity index (χ0v) is 14.4. The number of rotatable bonds is 5. The molecule has 3 rings (SSSR count). The fourth-order valence-electron chi connectivity index (χ4n) is 3.80. The van der Waals surface area contributed by atoms with Crippen molar-refractivity contribution in [3.05, 3.63) is 15.6 Å². The van der Waals surface area contributed by atoms with Gasteiger partial charge in [-0.3, -0.25) is 0 Å². The van der Waals surface area contributed by atoms with Crippen molar-refractivity contribution in [3.63, 3.8) is 0 Å². The van der Waals surface area contributed by atoms with Crippen LogP contribution in [0.25, 0.3) is 0 Å². The molecule has 2 unspecified atom stereocenters. The van der Waals surface area contributed by atoms with Crippen LogP contribution in [0.2, 0.25) is 0 Å². The Labute approximate surface area is 131 Å². The highest BCUT2D eigenvalue weighted by Gasteiger charge is 2.51. The monoisotopic (exact) mass is 328 g/mol. The molecule has 0 saturated heterocycles. The van der Waals surface area contributed by atoms with Gasteiger partial charge >= 0.3 is 0 Å². The van der Waals surface area contributed by atoms with Gasteiger partial charge in [0.1, 0.15) is 5.01 Å². The predicted molar refractivity (Wildman–Crippen MR) is 86.6 cm³/mol. The molecule has 6 heteroatoms. The molecule has 1 heterocycles. The fourth-order valence-corrected chi connectivity index (χ4v) is 6.92. The Hall–Kier alpha value is -0.460. The van der Waals surface area contributed by atoms with E-state index in [4.69, 9.17) is 4.98 Å². The first-order valence-corrected chi connectivity index (χ1v) is 10.7. The van der Waals surface area contributed by atoms with E-state index in [1.165, 1.54) is 23.2 Å². The molecule has 2 atom stereocenters. The summed E-state index contributed by atoms with van der Waals surface area (Å²) in [6.45, 7) is 2.96. The molecule has 21 heavy (non-hydrogen) atoms. The van der Waals surface area contributed by atoms with E-state index >= 15 is 0 Å². The van der Waals surface area contributed by atoms with E-state index in [1.54, 1.807) is 11.3 Å². The lowest BCUT2D eigenvalue weighted by Crippen LogP contribution is -2.51. The topological polar surface area (TPSA) is 59.1 Å². The molecule has 1 aromatic heterocycles. The van der Waals surface area contributed by atoms with E-state index in [1.807, 2.05) is 0 Å². The summed E-state index contributed by atoms with van der Waals surface area (Å²) in [7, 11) is -3.08. The number of nitrogens with zero attached hydrogens (tertiary/aromatic N) is 1. The molecule has 0 radical (unpaired) electrons. The average Bonchev–Trinajstić information content (AvgIpc) is 3.08. The number of sulfone groups is 1. The molecule has 0 aliphatic heterocycles. The number of fused-ring (bicyclic) bond motifs is 1. The molecule has 1 N–H and O–H groups in total. The predicted octanol–water partition coefficient (Wildman–Crippen LogP) is 2.42. The summed E-state index contributed by atoms with van der Waals surface area (Å²) in [4.78, 5) is 6.23. The second kappa shape index (κ2) is 5.63. The Morgan fingerprint density at radius 2 is 2.19 bits per heavy atom. The largest absolute Gasteiger partial charge is 0.304 e. The molecule has 1 saturated carbocycles. The van der Waals surface area contributed by atoms with Gasteiger partial charge in [0.15, 0.2) is 9.84 Å². The maximum atomic E-state index is 12.3. The number of hydrogen-bond donors (Lipinski definition) is 1. The van der Waals surface area contributed by atoms with Gasteiger partial charge in [0.2, 0.25) is 0 Å². The van der Waals surface area contributed by atoms with Crippen LogP contribution in [0.15, 0.2) is 0 Å². The first-order valence-electron chi connectivity index (χ1n) is 7.90. The van der Waals surface area contributed by atoms with Gasteiger partial charge in [-0.2, -0.15) is 0 Å². The van der Waals surface area contributed by atoms with Crippen LogP contribution in [0.1, 0.15) is 54.6 Å². The lowest BCUT2D eigenvalue weighted by Gasteiger charge is -2.34. The Balaban J connectivity index is 2.03. The number of hydrogen-bond acceptors (Lipinski definition) is 5. The Morgan fingerprint density at radius 1 is 1.38 bits per heavy atom. The summed E-state index contributed by atoms with van der Waals surface area (Å²) in [5, 5.41) is 4.27. The van der Waals surface area contributed by atoms with Crippen molar-refractivity contribution in [1.82, 2.24) is 10.3 Å². The van der Waals surface area contributed by atoms with Crippen LogP contribution in [0.3, 0.4) is 0 Å². The standard InChI is InChI=1S/C15H24N2O2S2/c1-3-10-16-15(9-5-8-13(15)21(2,18)19)14-17-11-6-4-7-12(11)20-14/h13,16H,3-10H2,1-2H3. The number of aromatic nitrogens is 1. The Kier molecular flexibility index (Phi) is 4.14. The molecule has 0 bridgehead atoms. The molecule has 2 aliphatic rings. The summed E-state index contributed by atoms with van der Waals surface area (Å²) in [6.07, 6.45) is 8.34. The molecule has 118 valence electrons. The summed E-state index contributed by atoms with van der Waals surface area (Å²) in [5.41, 5.74) is 0.769. The van der Waals surface area contributed by atoms with E-state index in [9.17, 15) is 8.42 Å². The van der Waals surface area contributed by atoms with Crippen molar-refractivity contribution in [1.29, 1.82) is 0 Å². The molecular formula is C15H24N2O2S2. The lowest BCUT2D eigenvalue weighted by atomic mass is 9.97. The van der Waals surface area contributed by atoms with Crippen LogP contribution in [-0.4, -0.2) is 31.5 Å². The fraction of sp³-hybridized carbons (Fsp3) is 0.800. The lowest BCUT2D eigenvalue weighted by molar-refractivity contribution is 0.340. The van der Waals surface area contributed by atoms with Gasteiger partial charge in [0.25, 0.3) is 0 Å². The minimum absolute atomic E-state index is 0.331. The summed E-state index contributed by atoms with van der Waals surface area (Å²) < 4.78 is 24.6. The molecule has 0 amide bonds. The van der Waals surface area contributed by atoms with E-state index in [-0.39, 0.29) is 5.25 Å². The van der Waals surface area contributed by atoms with Crippen LogP contribution in [-0.2, 0) is 28.2 Å². The minimum atomic E-state index is -3.08. The molecule has 0 aromatic carbocycles. The van der Waals surface area contributed by atoms with E-state index in [0.29, 0.717) is 0 Å². The highest BCUT2D eigenvalue weighted by molar-refractivity contribution is 7.91. The van der Waals surface area contributed by atoms with E-state index in [0.717, 1.165) is 50.1 Å². The summed E-state index contributed by atoms with van der Waals surface area (Å²) >= 11 is 1.75. The van der Waals surface area contributed by atoms with Gasteiger partial charge in [-0.15, -0.1) is 11.3 Å². The average molecular weight is 329 g/mol. The molecule has 0 spiro atoms. The van der Waals surface area contributed by atoms with Crippen LogP contribution in [0.5, 0.6) is 0 Å². The van der Waals surface area contributed by atoms with Crippen LogP contribution < -0.4 is 5.32 Å². The number of aryl methyl sites for hydroxylation is 2. The molecule has 1 fully saturated rings. The third-order valence-corrected chi connectivity index (χ3v) is 7.78.